The van der Waals surface area contributed by atoms with Crippen LogP contribution in [0.2, 0.25) is 0 Å². The average Bonchev–Trinajstić information content (AvgIpc) is 2.46. The number of aliphatic hydroxyl groups is 1. The standard InChI is InChI=1S/C9H17NO4/c1-6(2)14-8-3-7(5-11)10(4-8)9(12)13/h6-8,11H,3-5H2,1-2H3,(H,12,13)/t7-,8+/m0/s1. The van der Waals surface area contributed by atoms with Gasteiger partial charge < -0.3 is 19.8 Å². The molecule has 1 heterocycles. The van der Waals surface area contributed by atoms with Gasteiger partial charge in [-0.2, -0.15) is 0 Å². The fourth-order valence-electron chi connectivity index (χ4n) is 1.76. The van der Waals surface area contributed by atoms with Crippen molar-refractivity contribution in [2.75, 3.05) is 13.2 Å². The third-order valence-electron chi connectivity index (χ3n) is 2.30. The van der Waals surface area contributed by atoms with Gasteiger partial charge in [0.2, 0.25) is 0 Å². The number of hydrogen-bond acceptors (Lipinski definition) is 3. The topological polar surface area (TPSA) is 70.0 Å². The molecular formula is C9H17NO4. The lowest BCUT2D eigenvalue weighted by Crippen LogP contribution is -2.36. The van der Waals surface area contributed by atoms with E-state index in [1.54, 1.807) is 0 Å². The molecule has 0 unspecified atom stereocenters. The Morgan fingerprint density at radius 3 is 2.64 bits per heavy atom. The van der Waals surface area contributed by atoms with E-state index in [2.05, 4.69) is 0 Å². The second-order valence-corrected chi connectivity index (χ2v) is 3.81. The van der Waals surface area contributed by atoms with Gasteiger partial charge in [0.1, 0.15) is 0 Å². The van der Waals surface area contributed by atoms with Crippen LogP contribution in [0, 0.1) is 0 Å². The van der Waals surface area contributed by atoms with Gasteiger partial charge in [-0.05, 0) is 20.3 Å². The highest BCUT2D eigenvalue weighted by molar-refractivity contribution is 5.66. The van der Waals surface area contributed by atoms with Crippen LogP contribution in [0.4, 0.5) is 4.79 Å². The number of nitrogens with zero attached hydrogens (tertiary/aromatic N) is 1. The van der Waals surface area contributed by atoms with Crippen molar-refractivity contribution in [3.8, 4) is 0 Å². The molecule has 5 heteroatoms. The Balaban J connectivity index is 2.52. The first kappa shape index (κ1) is 11.3. The Hall–Kier alpha value is -0.810. The molecule has 0 saturated carbocycles. The Morgan fingerprint density at radius 2 is 2.29 bits per heavy atom. The lowest BCUT2D eigenvalue weighted by molar-refractivity contribution is 0.0141. The first-order valence-corrected chi connectivity index (χ1v) is 4.80. The van der Waals surface area contributed by atoms with Crippen LogP contribution in [0.5, 0.6) is 0 Å². The van der Waals surface area contributed by atoms with Crippen LogP contribution in [0.15, 0.2) is 0 Å². The minimum Gasteiger partial charge on any atom is -0.465 e. The van der Waals surface area contributed by atoms with Crippen LogP contribution in [-0.4, -0.2) is 52.6 Å². The number of amides is 1. The lowest BCUT2D eigenvalue weighted by Gasteiger charge is -2.18. The third-order valence-corrected chi connectivity index (χ3v) is 2.30. The van der Waals surface area contributed by atoms with Gasteiger partial charge in [-0.15, -0.1) is 0 Å². The SMILES string of the molecule is CC(C)O[C@@H]1C[C@@H](CO)N(C(=O)O)C1. The highest BCUT2D eigenvalue weighted by Crippen LogP contribution is 2.21. The van der Waals surface area contributed by atoms with Crippen LogP contribution in [0.25, 0.3) is 0 Å². The minimum absolute atomic E-state index is 0.0803. The smallest absolute Gasteiger partial charge is 0.407 e. The molecule has 0 aromatic heterocycles. The number of aliphatic hydroxyl groups excluding tert-OH is 1. The van der Waals surface area contributed by atoms with Crippen LogP contribution >= 0.6 is 0 Å². The number of ether oxygens (including phenoxy) is 1. The summed E-state index contributed by atoms with van der Waals surface area (Å²) in [6, 6.07) is -0.309. The van der Waals surface area contributed by atoms with Gasteiger partial charge in [0.15, 0.2) is 0 Å². The Bertz CT molecular complexity index is 207. The molecule has 1 rings (SSSR count). The fourth-order valence-corrected chi connectivity index (χ4v) is 1.76. The van der Waals surface area contributed by atoms with E-state index < -0.39 is 6.09 Å². The van der Waals surface area contributed by atoms with E-state index in [1.807, 2.05) is 13.8 Å². The maximum Gasteiger partial charge on any atom is 0.407 e. The van der Waals surface area contributed by atoms with Gasteiger partial charge in [-0.25, -0.2) is 4.79 Å². The van der Waals surface area contributed by atoms with Gasteiger partial charge >= 0.3 is 6.09 Å². The number of rotatable bonds is 3. The van der Waals surface area contributed by atoms with E-state index in [0.29, 0.717) is 13.0 Å². The van der Waals surface area contributed by atoms with Crippen LogP contribution < -0.4 is 0 Å². The molecule has 14 heavy (non-hydrogen) atoms. The van der Waals surface area contributed by atoms with E-state index in [0.717, 1.165) is 0 Å². The molecule has 2 atom stereocenters. The zero-order valence-corrected chi connectivity index (χ0v) is 8.51. The van der Waals surface area contributed by atoms with E-state index in [9.17, 15) is 4.79 Å². The maximum atomic E-state index is 10.8. The predicted molar refractivity (Wildman–Crippen MR) is 50.2 cm³/mol. The number of likely N-dealkylation sites (tertiary alicyclic amines) is 1. The summed E-state index contributed by atoms with van der Waals surface area (Å²) >= 11 is 0. The van der Waals surface area contributed by atoms with Crippen molar-refractivity contribution in [2.45, 2.75) is 38.5 Å². The highest BCUT2D eigenvalue weighted by atomic mass is 16.5. The molecule has 0 bridgehead atoms. The molecule has 0 aromatic rings. The lowest BCUT2D eigenvalue weighted by atomic mass is 10.2. The van der Waals surface area contributed by atoms with Crippen molar-refractivity contribution in [3.63, 3.8) is 0 Å². The summed E-state index contributed by atoms with van der Waals surface area (Å²) < 4.78 is 5.51. The summed E-state index contributed by atoms with van der Waals surface area (Å²) in [7, 11) is 0. The van der Waals surface area contributed by atoms with Gasteiger partial charge in [-0.1, -0.05) is 0 Å². The van der Waals surface area contributed by atoms with Crippen LogP contribution in [-0.2, 0) is 4.74 Å². The van der Waals surface area contributed by atoms with Crippen molar-refractivity contribution in [2.24, 2.45) is 0 Å². The quantitative estimate of drug-likeness (QED) is 0.701. The van der Waals surface area contributed by atoms with Crippen molar-refractivity contribution in [1.29, 1.82) is 0 Å². The van der Waals surface area contributed by atoms with Crippen LogP contribution in [0.1, 0.15) is 20.3 Å². The zero-order valence-electron chi connectivity index (χ0n) is 8.51. The van der Waals surface area contributed by atoms with E-state index >= 15 is 0 Å². The minimum atomic E-state index is -0.987. The normalized spacial score (nSPS) is 27.3. The number of carbonyl (C=O) groups is 1. The summed E-state index contributed by atoms with van der Waals surface area (Å²) in [5.74, 6) is 0. The molecule has 1 fully saturated rings. The molecule has 2 N–H and O–H groups in total. The fraction of sp³-hybridized carbons (Fsp3) is 0.889. The molecule has 82 valence electrons. The molecule has 0 radical (unpaired) electrons. The molecule has 1 saturated heterocycles. The largest absolute Gasteiger partial charge is 0.465 e. The highest BCUT2D eigenvalue weighted by Gasteiger charge is 2.35. The van der Waals surface area contributed by atoms with Crippen molar-refractivity contribution >= 4 is 6.09 Å². The number of hydrogen-bond donors (Lipinski definition) is 2. The van der Waals surface area contributed by atoms with Gasteiger partial charge in [-0.3, -0.25) is 0 Å². The van der Waals surface area contributed by atoms with Crippen molar-refractivity contribution < 1.29 is 19.7 Å². The second-order valence-electron chi connectivity index (χ2n) is 3.81. The molecule has 0 aliphatic carbocycles. The maximum absolute atomic E-state index is 10.8. The predicted octanol–water partition coefficient (Wildman–Crippen LogP) is 0.525. The average molecular weight is 203 g/mol. The zero-order chi connectivity index (χ0) is 10.7. The van der Waals surface area contributed by atoms with Crippen molar-refractivity contribution in [1.82, 2.24) is 4.90 Å². The Labute approximate surface area is 83.3 Å². The van der Waals surface area contributed by atoms with E-state index in [1.165, 1.54) is 4.90 Å². The first-order valence-electron chi connectivity index (χ1n) is 4.80. The second kappa shape index (κ2) is 4.61. The summed E-state index contributed by atoms with van der Waals surface area (Å²) in [5, 5.41) is 17.8. The van der Waals surface area contributed by atoms with Gasteiger partial charge in [0.05, 0.1) is 31.4 Å². The van der Waals surface area contributed by atoms with Gasteiger partial charge in [0, 0.05) is 0 Å². The Kier molecular flexibility index (Phi) is 3.71. The molecular weight excluding hydrogens is 186 g/mol. The molecule has 1 amide bonds. The first-order chi connectivity index (χ1) is 6.54. The Morgan fingerprint density at radius 1 is 1.64 bits per heavy atom. The number of carboxylic acid groups (broad SMARTS) is 1. The summed E-state index contributed by atoms with van der Waals surface area (Å²) in [6.45, 7) is 4.05. The summed E-state index contributed by atoms with van der Waals surface area (Å²) in [5.41, 5.74) is 0. The monoisotopic (exact) mass is 203 g/mol. The molecule has 0 spiro atoms. The molecule has 1 aliphatic rings. The van der Waals surface area contributed by atoms with Crippen molar-refractivity contribution in [3.05, 3.63) is 0 Å². The summed E-state index contributed by atoms with van der Waals surface area (Å²) in [6.07, 6.45) is -0.392. The van der Waals surface area contributed by atoms with E-state index in [-0.39, 0.29) is 24.9 Å². The summed E-state index contributed by atoms with van der Waals surface area (Å²) in [4.78, 5) is 12.0. The third kappa shape index (κ3) is 2.59. The van der Waals surface area contributed by atoms with E-state index in [4.69, 9.17) is 14.9 Å². The molecule has 5 nitrogen and oxygen atoms in total. The van der Waals surface area contributed by atoms with Gasteiger partial charge in [0.25, 0.3) is 0 Å². The molecule has 0 aromatic carbocycles. The molecule has 1 aliphatic heterocycles. The van der Waals surface area contributed by atoms with Crippen LogP contribution in [0.3, 0.4) is 0 Å².